The number of alkyl halides is 6. The van der Waals surface area contributed by atoms with E-state index in [1.54, 1.807) is 25.4 Å². The lowest BCUT2D eigenvalue weighted by Gasteiger charge is -2.44. The van der Waals surface area contributed by atoms with Gasteiger partial charge in [-0.3, -0.25) is 24.2 Å². The van der Waals surface area contributed by atoms with Gasteiger partial charge in [-0.25, -0.2) is 43.1 Å². The maximum Gasteiger partial charge on any atom is 0.417 e. The Hall–Kier alpha value is -11.3. The van der Waals surface area contributed by atoms with Crippen LogP contribution in [0.2, 0.25) is 0 Å². The monoisotopic (exact) mass is 1610 g/mol. The molecule has 3 amide bonds. The third-order valence-electron chi connectivity index (χ3n) is 21.7. The molecule has 0 saturated carbocycles. The number of morpholine rings is 2. The first-order valence-electron chi connectivity index (χ1n) is 38.0. The highest BCUT2D eigenvalue weighted by Gasteiger charge is 2.42. The predicted octanol–water partition coefficient (Wildman–Crippen LogP) is 12.4. The van der Waals surface area contributed by atoms with Gasteiger partial charge in [0.1, 0.15) is 23.3 Å². The maximum atomic E-state index is 15.7. The number of hydrogen-bond acceptors (Lipinski definition) is 21. The van der Waals surface area contributed by atoms with E-state index in [1.807, 2.05) is 74.7 Å². The van der Waals surface area contributed by atoms with Crippen LogP contribution in [0.5, 0.6) is 0 Å². The van der Waals surface area contributed by atoms with Crippen molar-refractivity contribution in [1.82, 2.24) is 55.2 Å². The average Bonchev–Trinajstić information content (AvgIpc) is 0.786. The number of dihydropyridines is 2. The summed E-state index contributed by atoms with van der Waals surface area (Å²) in [5.41, 5.74) is 3.50. The number of aryl methyl sites for hydroxylation is 3. The Balaban J connectivity index is 0.000000161. The normalized spacial score (nSPS) is 19.9. The second-order valence-corrected chi connectivity index (χ2v) is 29.9. The minimum atomic E-state index is -4.78. The fourth-order valence-corrected chi connectivity index (χ4v) is 14.4. The maximum absolute atomic E-state index is 15.7. The second kappa shape index (κ2) is 35.9. The summed E-state index contributed by atoms with van der Waals surface area (Å²) in [6.07, 6.45) is 3.12. The molecule has 24 nitrogen and oxygen atoms in total. The minimum absolute atomic E-state index is 0.00423. The molecule has 3 aromatic heterocycles. The quantitative estimate of drug-likeness (QED) is 0.0637. The molecule has 7 aliphatic rings. The number of rotatable bonds is 14. The van der Waals surface area contributed by atoms with Crippen LogP contribution in [0, 0.1) is 38.2 Å². The van der Waals surface area contributed by atoms with E-state index in [1.165, 1.54) is 55.1 Å². The van der Waals surface area contributed by atoms with Gasteiger partial charge in [0.15, 0.2) is 0 Å². The number of halogens is 9. The van der Waals surface area contributed by atoms with Gasteiger partial charge < -0.3 is 65.5 Å². The SMILES string of the molecule is C=C1C=C(C(F)(F)F)C(C(=O)Nc2cc(-c3cnc(C)nc3)c(F)cc2N2CCN(C)CC2)=CN1.C=C1C=C(C(F)(F)F)C(C(=O)Nc2cc(-c3cnc(N4CCOCC4)nc3)c(F)cc2N2C[C@@H](C)N(C)[C@@H](C)C2)=CN1.Cc1ccc(C(=O)Nc2cc(-c3cnc(N4CCOCC4)nc3)c(F)cc2N2C[C@@H](C)N(C)[C@@H](C)C2)cc1C. The van der Waals surface area contributed by atoms with Crippen molar-refractivity contribution < 1.29 is 63.4 Å². The zero-order chi connectivity index (χ0) is 83.2. The third-order valence-corrected chi connectivity index (χ3v) is 21.7. The Kier molecular flexibility index (Phi) is 26.0. The van der Waals surface area contributed by atoms with Gasteiger partial charge in [0.2, 0.25) is 11.9 Å². The van der Waals surface area contributed by atoms with Crippen LogP contribution in [0.1, 0.15) is 55.0 Å². The van der Waals surface area contributed by atoms with E-state index in [-0.39, 0.29) is 69.8 Å². The van der Waals surface area contributed by atoms with Gasteiger partial charge in [-0.1, -0.05) is 19.2 Å². The van der Waals surface area contributed by atoms with Crippen LogP contribution in [0.4, 0.5) is 85.5 Å². The largest absolute Gasteiger partial charge is 0.417 e. The fourth-order valence-electron chi connectivity index (χ4n) is 14.4. The highest BCUT2D eigenvalue weighted by Crippen LogP contribution is 2.42. The molecule has 4 aromatic carbocycles. The molecule has 0 spiro atoms. The number of hydrogen-bond donors (Lipinski definition) is 5. The number of aromatic nitrogens is 6. The van der Waals surface area contributed by atoms with Crippen LogP contribution in [-0.4, -0.2) is 225 Å². The minimum Gasteiger partial charge on any atom is -0.378 e. The molecular formula is C83H94F9N19O5. The first kappa shape index (κ1) is 84.1. The number of carbonyl (C=O) groups is 3. The van der Waals surface area contributed by atoms with Gasteiger partial charge in [0.05, 0.1) is 82.8 Å². The number of piperazine rings is 3. The topological polar surface area (TPSA) is 233 Å². The summed E-state index contributed by atoms with van der Waals surface area (Å²) < 4.78 is 140. The molecular weight excluding hydrogens is 1510 g/mol. The summed E-state index contributed by atoms with van der Waals surface area (Å²) in [5, 5.41) is 13.4. The van der Waals surface area contributed by atoms with Gasteiger partial charge in [-0.15, -0.1) is 0 Å². The smallest absolute Gasteiger partial charge is 0.378 e. The number of likely N-dealkylation sites (N-methyl/N-ethyl adjacent to an activating group) is 3. The van der Waals surface area contributed by atoms with Crippen molar-refractivity contribution in [2.75, 3.05) is 167 Å². The van der Waals surface area contributed by atoms with Gasteiger partial charge >= 0.3 is 12.4 Å². The third kappa shape index (κ3) is 19.8. The fraction of sp³-hybridized carbons (Fsp3) is 0.386. The molecule has 10 heterocycles. The van der Waals surface area contributed by atoms with E-state index in [0.717, 1.165) is 61.9 Å². The molecule has 5 saturated heterocycles. The zero-order valence-electron chi connectivity index (χ0n) is 66.2. The summed E-state index contributed by atoms with van der Waals surface area (Å²) in [6, 6.07) is 15.1. The molecule has 5 fully saturated rings. The Morgan fingerprint density at radius 1 is 0.448 bits per heavy atom. The van der Waals surface area contributed by atoms with Crippen LogP contribution < -0.4 is 51.1 Å². The van der Waals surface area contributed by atoms with Gasteiger partial charge in [0.25, 0.3) is 17.7 Å². The van der Waals surface area contributed by atoms with E-state index in [0.29, 0.717) is 147 Å². The Morgan fingerprint density at radius 3 is 1.15 bits per heavy atom. The summed E-state index contributed by atoms with van der Waals surface area (Å²) in [5.74, 6) is -2.14. The molecule has 614 valence electrons. The molecule has 116 heavy (non-hydrogen) atoms. The summed E-state index contributed by atoms with van der Waals surface area (Å²) in [7, 11) is 6.07. The number of allylic oxidation sites excluding steroid dienone is 2. The predicted molar refractivity (Wildman–Crippen MR) is 431 cm³/mol. The van der Waals surface area contributed by atoms with Crippen molar-refractivity contribution in [1.29, 1.82) is 0 Å². The van der Waals surface area contributed by atoms with E-state index in [9.17, 15) is 40.7 Å². The lowest BCUT2D eigenvalue weighted by Crippen LogP contribution is -2.55. The van der Waals surface area contributed by atoms with Crippen molar-refractivity contribution in [3.05, 3.63) is 203 Å². The number of benzene rings is 4. The molecule has 0 radical (unpaired) electrons. The molecule has 7 aliphatic heterocycles. The molecule has 33 heteroatoms. The second-order valence-electron chi connectivity index (χ2n) is 29.9. The number of carbonyl (C=O) groups excluding carboxylic acids is 3. The zero-order valence-corrected chi connectivity index (χ0v) is 66.2. The Morgan fingerprint density at radius 2 is 0.793 bits per heavy atom. The Bertz CT molecular complexity index is 4920. The van der Waals surface area contributed by atoms with Crippen molar-refractivity contribution in [3.8, 4) is 33.4 Å². The first-order chi connectivity index (χ1) is 55.1. The van der Waals surface area contributed by atoms with Crippen molar-refractivity contribution >= 4 is 63.7 Å². The Labute approximate surface area is 667 Å². The first-order valence-corrected chi connectivity index (χ1v) is 38.0. The van der Waals surface area contributed by atoms with Gasteiger partial charge in [-0.05, 0) is 141 Å². The van der Waals surface area contributed by atoms with Gasteiger partial charge in [0, 0.05) is 203 Å². The van der Waals surface area contributed by atoms with Crippen LogP contribution in [0.25, 0.3) is 33.4 Å². The van der Waals surface area contributed by atoms with Crippen LogP contribution in [0.15, 0.2) is 163 Å². The van der Waals surface area contributed by atoms with E-state index in [2.05, 4.69) is 115 Å². The number of anilines is 8. The van der Waals surface area contributed by atoms with Crippen LogP contribution in [0.3, 0.4) is 0 Å². The van der Waals surface area contributed by atoms with E-state index >= 15 is 13.2 Å². The molecule has 0 unspecified atom stereocenters. The lowest BCUT2D eigenvalue weighted by molar-refractivity contribution is -0.115. The molecule has 7 aromatic rings. The van der Waals surface area contributed by atoms with Crippen molar-refractivity contribution in [2.24, 2.45) is 0 Å². The number of nitrogens with one attached hydrogen (secondary N) is 5. The molecule has 4 atom stereocenters. The molecule has 0 aliphatic carbocycles. The summed E-state index contributed by atoms with van der Waals surface area (Å²) >= 11 is 0. The summed E-state index contributed by atoms with van der Waals surface area (Å²) in [4.78, 5) is 82.4. The molecule has 5 N–H and O–H groups in total. The standard InChI is InChI=1S/C30H37FN6O2.C29H33F4N7O2.C24H24F4N6O/c1-19-6-7-23(12-20(19)2)29(38)34-27-13-25(24-15-32-30(33-16-24)36-8-10-39-11-9-36)26(31)14-28(27)37-17-21(3)35(5)22(4)18-37;1-17-9-23(29(31,32)33)22(14-34-17)27(41)37-25-10-21(20-12-35-28(36-13-20)39-5-7-42-8-6-39)24(30)11-26(25)40-15-18(2)38(4)19(3)16-40;1-14-8-19(24(26,27)28)18(13-29-14)23(35)32-21-9-17(16-11-30-15(2)31-12-16)20(25)10-22(21)34-6-4-33(3)5-7-34/h6-7,12-16,21-22H,8-11,17-18H2,1-5H3,(H,34,38);9-14,18-19,34H,1,5-8,15-16H2,2-4H3,(H,37,41);8-13,29H,1,4-7H2,2-3H3,(H,32,35)/t21-,22+;18-,19+;. The number of amides is 3. The average molecular weight is 1610 g/mol. The number of ether oxygens (including phenoxy) is 2. The van der Waals surface area contributed by atoms with E-state index in [4.69, 9.17) is 9.47 Å². The highest BCUT2D eigenvalue weighted by atomic mass is 19.4. The summed E-state index contributed by atoms with van der Waals surface area (Å²) in [6.45, 7) is 31.2. The number of nitrogens with zero attached hydrogens (tertiary/aromatic N) is 14. The van der Waals surface area contributed by atoms with Crippen molar-refractivity contribution in [3.63, 3.8) is 0 Å². The van der Waals surface area contributed by atoms with Gasteiger partial charge in [-0.2, -0.15) is 26.3 Å². The van der Waals surface area contributed by atoms with Crippen LogP contribution in [-0.2, 0) is 19.1 Å². The van der Waals surface area contributed by atoms with Crippen molar-refractivity contribution in [2.45, 2.75) is 85.0 Å². The van der Waals surface area contributed by atoms with E-state index < -0.39 is 58.1 Å². The lowest BCUT2D eigenvalue weighted by atomic mass is 10.0. The highest BCUT2D eigenvalue weighted by molar-refractivity contribution is 6.11. The molecule has 0 bridgehead atoms. The van der Waals surface area contributed by atoms with Crippen LogP contribution >= 0.6 is 0 Å². The molecule has 14 rings (SSSR count).